The maximum Gasteiger partial charge on any atom is 0.123 e. The number of hydrogen-bond donors (Lipinski definition) is 1. The van der Waals surface area contributed by atoms with Crippen LogP contribution < -0.4 is 0 Å². The highest BCUT2D eigenvalue weighted by molar-refractivity contribution is 5.85. The van der Waals surface area contributed by atoms with Crippen LogP contribution in [0.4, 0.5) is 0 Å². The smallest absolute Gasteiger partial charge is 0.123 e. The van der Waals surface area contributed by atoms with Crippen molar-refractivity contribution in [3.8, 4) is 0 Å². The predicted molar refractivity (Wildman–Crippen MR) is 110 cm³/mol. The molecule has 1 aliphatic rings. The van der Waals surface area contributed by atoms with Crippen molar-refractivity contribution in [3.05, 3.63) is 106 Å². The molecule has 0 amide bonds. The average molecular weight is 353 g/mol. The Hall–Kier alpha value is -2.84. The van der Waals surface area contributed by atoms with E-state index >= 15 is 0 Å². The molecule has 134 valence electrons. The van der Waals surface area contributed by atoms with Gasteiger partial charge in [-0.05, 0) is 36.6 Å². The second kappa shape index (κ2) is 6.40. The molecule has 0 aliphatic carbocycles. The van der Waals surface area contributed by atoms with E-state index in [-0.39, 0.29) is 12.2 Å². The fourth-order valence-corrected chi connectivity index (χ4v) is 4.40. The second-order valence-electron chi connectivity index (χ2n) is 7.60. The molecule has 4 aromatic rings. The van der Waals surface area contributed by atoms with E-state index < -0.39 is 0 Å². The van der Waals surface area contributed by atoms with Gasteiger partial charge in [-0.2, -0.15) is 0 Å². The zero-order valence-corrected chi connectivity index (χ0v) is 15.7. The van der Waals surface area contributed by atoms with Gasteiger partial charge in [0.05, 0.1) is 11.8 Å². The van der Waals surface area contributed by atoms with Gasteiger partial charge in [0.25, 0.3) is 0 Å². The molecular weight excluding hydrogens is 330 g/mol. The summed E-state index contributed by atoms with van der Waals surface area (Å²) in [6.07, 6.45) is 0.875. The van der Waals surface area contributed by atoms with Gasteiger partial charge in [0, 0.05) is 17.3 Å². The molecule has 2 nitrogen and oxygen atoms in total. The van der Waals surface area contributed by atoms with Crippen molar-refractivity contribution in [2.75, 3.05) is 0 Å². The third kappa shape index (κ3) is 2.87. The van der Waals surface area contributed by atoms with Gasteiger partial charge in [-0.1, -0.05) is 77.9 Å². The van der Waals surface area contributed by atoms with Crippen molar-refractivity contribution in [1.29, 1.82) is 0 Å². The Morgan fingerprint density at radius 3 is 2.30 bits per heavy atom. The lowest BCUT2D eigenvalue weighted by molar-refractivity contribution is -0.00706. The van der Waals surface area contributed by atoms with Gasteiger partial charge in [0.15, 0.2) is 0 Å². The summed E-state index contributed by atoms with van der Waals surface area (Å²) in [6.45, 7) is 4.32. The first-order valence-corrected chi connectivity index (χ1v) is 9.57. The van der Waals surface area contributed by atoms with Crippen molar-refractivity contribution < 1.29 is 4.74 Å². The summed E-state index contributed by atoms with van der Waals surface area (Å²) in [5.74, 6) is 0. The lowest BCUT2D eigenvalue weighted by atomic mass is 9.90. The highest BCUT2D eigenvalue weighted by atomic mass is 16.5. The summed E-state index contributed by atoms with van der Waals surface area (Å²) in [5.41, 5.74) is 8.80. The van der Waals surface area contributed by atoms with E-state index in [0.29, 0.717) is 0 Å². The quantitative estimate of drug-likeness (QED) is 0.457. The number of hydrogen-bond acceptors (Lipinski definition) is 1. The van der Waals surface area contributed by atoms with Gasteiger partial charge in [-0.15, -0.1) is 0 Å². The summed E-state index contributed by atoms with van der Waals surface area (Å²) < 4.78 is 6.69. The van der Waals surface area contributed by atoms with Crippen LogP contribution in [0.25, 0.3) is 10.9 Å². The normalized spacial score (nSPS) is 19.2. The molecule has 1 aliphatic heterocycles. The third-order valence-corrected chi connectivity index (χ3v) is 5.52. The Morgan fingerprint density at radius 1 is 0.815 bits per heavy atom. The van der Waals surface area contributed by atoms with E-state index in [4.69, 9.17) is 4.74 Å². The third-order valence-electron chi connectivity index (χ3n) is 5.52. The fraction of sp³-hybridized carbons (Fsp3) is 0.200. The molecule has 0 fully saturated rings. The molecule has 5 rings (SSSR count). The highest BCUT2D eigenvalue weighted by Crippen LogP contribution is 2.43. The maximum atomic E-state index is 6.69. The summed E-state index contributed by atoms with van der Waals surface area (Å²) >= 11 is 0. The fourth-order valence-electron chi connectivity index (χ4n) is 4.40. The van der Waals surface area contributed by atoms with Gasteiger partial charge in [-0.25, -0.2) is 0 Å². The molecule has 3 aromatic carbocycles. The van der Waals surface area contributed by atoms with Crippen LogP contribution in [-0.2, 0) is 11.2 Å². The van der Waals surface area contributed by atoms with Crippen LogP contribution in [0.5, 0.6) is 0 Å². The summed E-state index contributed by atoms with van der Waals surface area (Å²) in [6, 6.07) is 25.9. The highest BCUT2D eigenvalue weighted by Gasteiger charge is 2.32. The number of rotatable bonds is 2. The SMILES string of the molecule is Cc1cc(C)cc([C@@H]2Cc3c([nH]c4ccccc34)[C@H](c3ccccc3)O2)c1. The van der Waals surface area contributed by atoms with E-state index in [1.54, 1.807) is 0 Å². The van der Waals surface area contributed by atoms with Crippen LogP contribution >= 0.6 is 0 Å². The number of benzene rings is 3. The molecule has 2 heterocycles. The molecule has 0 bridgehead atoms. The minimum atomic E-state index is -0.0758. The minimum Gasteiger partial charge on any atom is -0.359 e. The topological polar surface area (TPSA) is 25.0 Å². The Kier molecular flexibility index (Phi) is 3.87. The van der Waals surface area contributed by atoms with Gasteiger partial charge >= 0.3 is 0 Å². The molecule has 0 radical (unpaired) electrons. The summed E-state index contributed by atoms with van der Waals surface area (Å²) in [7, 11) is 0. The standard InChI is InChI=1S/C25H23NO/c1-16-12-17(2)14-19(13-16)23-15-21-20-10-6-7-11-22(20)26-24(21)25(27-23)18-8-4-3-5-9-18/h3-14,23,25-26H,15H2,1-2H3/t23-,25-/m0/s1. The Bertz CT molecular complexity index is 1090. The Morgan fingerprint density at radius 2 is 1.52 bits per heavy atom. The lowest BCUT2D eigenvalue weighted by Gasteiger charge is -2.31. The molecule has 0 spiro atoms. The van der Waals surface area contributed by atoms with Crippen molar-refractivity contribution in [1.82, 2.24) is 4.98 Å². The molecule has 27 heavy (non-hydrogen) atoms. The van der Waals surface area contributed by atoms with Gasteiger partial charge in [-0.3, -0.25) is 0 Å². The van der Waals surface area contributed by atoms with Gasteiger partial charge < -0.3 is 9.72 Å². The Balaban J connectivity index is 1.68. The molecule has 2 heteroatoms. The molecule has 1 aromatic heterocycles. The van der Waals surface area contributed by atoms with Crippen LogP contribution in [0.3, 0.4) is 0 Å². The Labute approximate surface area is 159 Å². The molecular formula is C25H23NO. The van der Waals surface area contributed by atoms with Crippen molar-refractivity contribution in [3.63, 3.8) is 0 Å². The maximum absolute atomic E-state index is 6.69. The number of nitrogens with one attached hydrogen (secondary N) is 1. The van der Waals surface area contributed by atoms with E-state index in [2.05, 4.69) is 91.6 Å². The zero-order valence-electron chi connectivity index (χ0n) is 15.7. The van der Waals surface area contributed by atoms with Crippen molar-refractivity contribution in [2.45, 2.75) is 32.5 Å². The summed E-state index contributed by atoms with van der Waals surface area (Å²) in [5, 5.41) is 1.31. The number of aromatic nitrogens is 1. The van der Waals surface area contributed by atoms with E-state index in [1.165, 1.54) is 44.4 Å². The largest absolute Gasteiger partial charge is 0.359 e. The number of aryl methyl sites for hydroxylation is 2. The average Bonchev–Trinajstić information content (AvgIpc) is 3.06. The van der Waals surface area contributed by atoms with Crippen LogP contribution in [0.15, 0.2) is 72.8 Å². The monoisotopic (exact) mass is 353 g/mol. The minimum absolute atomic E-state index is 0.0560. The van der Waals surface area contributed by atoms with Crippen molar-refractivity contribution >= 4 is 10.9 Å². The predicted octanol–water partition coefficient (Wildman–Crippen LogP) is 6.19. The van der Waals surface area contributed by atoms with E-state index in [1.807, 2.05) is 0 Å². The number of ether oxygens (including phenoxy) is 1. The first-order chi connectivity index (χ1) is 13.2. The van der Waals surface area contributed by atoms with Gasteiger partial charge in [0.1, 0.15) is 6.10 Å². The van der Waals surface area contributed by atoms with E-state index in [9.17, 15) is 0 Å². The molecule has 1 N–H and O–H groups in total. The number of aromatic amines is 1. The van der Waals surface area contributed by atoms with Crippen LogP contribution in [0.2, 0.25) is 0 Å². The van der Waals surface area contributed by atoms with Crippen LogP contribution in [0.1, 0.15) is 45.7 Å². The zero-order chi connectivity index (χ0) is 18.4. The number of para-hydroxylation sites is 1. The molecule has 0 saturated heterocycles. The van der Waals surface area contributed by atoms with Crippen LogP contribution in [0, 0.1) is 13.8 Å². The van der Waals surface area contributed by atoms with Crippen molar-refractivity contribution in [2.24, 2.45) is 0 Å². The molecule has 0 saturated carbocycles. The molecule has 0 unspecified atom stereocenters. The van der Waals surface area contributed by atoms with Crippen LogP contribution in [-0.4, -0.2) is 4.98 Å². The first kappa shape index (κ1) is 16.3. The molecule has 2 atom stereocenters. The lowest BCUT2D eigenvalue weighted by Crippen LogP contribution is -2.21. The van der Waals surface area contributed by atoms with E-state index in [0.717, 1.165) is 6.42 Å². The first-order valence-electron chi connectivity index (χ1n) is 9.57. The van der Waals surface area contributed by atoms with Gasteiger partial charge in [0.2, 0.25) is 0 Å². The number of fused-ring (bicyclic) bond motifs is 3. The second-order valence-corrected chi connectivity index (χ2v) is 7.60. The summed E-state index contributed by atoms with van der Waals surface area (Å²) in [4.78, 5) is 3.63. The number of H-pyrrole nitrogens is 1.